The van der Waals surface area contributed by atoms with E-state index in [0.29, 0.717) is 12.8 Å². The van der Waals surface area contributed by atoms with E-state index >= 15 is 0 Å². The van der Waals surface area contributed by atoms with Gasteiger partial charge in [-0.25, -0.2) is 18.6 Å². The van der Waals surface area contributed by atoms with Crippen LogP contribution in [0.25, 0.3) is 0 Å². The molecule has 0 aliphatic carbocycles. The summed E-state index contributed by atoms with van der Waals surface area (Å²) in [4.78, 5) is 37.2. The average molecular weight is 479 g/mol. The van der Waals surface area contributed by atoms with Crippen LogP contribution in [0, 0.1) is 11.8 Å². The SMILES string of the molecule is CC(C)CC(CCS(C)(=O)=O)NC(=O)C(C)NC(=O)C(NNC(=O)OC(C)(C)C)C(C)C. The number of ether oxygens (including phenoxy) is 1. The molecule has 0 aliphatic rings. The van der Waals surface area contributed by atoms with E-state index in [-0.39, 0.29) is 23.6 Å². The van der Waals surface area contributed by atoms with E-state index in [1.54, 1.807) is 41.5 Å². The third kappa shape index (κ3) is 14.2. The van der Waals surface area contributed by atoms with E-state index in [9.17, 15) is 22.8 Å². The third-order valence-electron chi connectivity index (χ3n) is 4.37. The fourth-order valence-electron chi connectivity index (χ4n) is 2.84. The highest BCUT2D eigenvalue weighted by Gasteiger charge is 2.27. The quantitative estimate of drug-likeness (QED) is 0.311. The van der Waals surface area contributed by atoms with Crippen LogP contribution in [0.15, 0.2) is 0 Å². The fraction of sp³-hybridized carbons (Fsp3) is 0.857. The van der Waals surface area contributed by atoms with Crippen molar-refractivity contribution < 1.29 is 27.5 Å². The summed E-state index contributed by atoms with van der Waals surface area (Å²) < 4.78 is 28.1. The van der Waals surface area contributed by atoms with Gasteiger partial charge in [-0.1, -0.05) is 27.7 Å². The number of rotatable bonds is 12. The summed E-state index contributed by atoms with van der Waals surface area (Å²) in [6.45, 7) is 14.3. The highest BCUT2D eigenvalue weighted by atomic mass is 32.2. The molecule has 188 valence electrons. The number of hydrogen-bond donors (Lipinski definition) is 4. The molecule has 32 heavy (non-hydrogen) atoms. The summed E-state index contributed by atoms with van der Waals surface area (Å²) >= 11 is 0. The molecule has 10 nitrogen and oxygen atoms in total. The summed E-state index contributed by atoms with van der Waals surface area (Å²) in [6, 6.07) is -1.96. The van der Waals surface area contributed by atoms with Gasteiger partial charge >= 0.3 is 6.09 Å². The summed E-state index contributed by atoms with van der Waals surface area (Å²) in [5, 5.41) is 5.48. The first kappa shape index (κ1) is 30.1. The molecular weight excluding hydrogens is 436 g/mol. The van der Waals surface area contributed by atoms with Crippen molar-refractivity contribution in [3.8, 4) is 0 Å². The van der Waals surface area contributed by atoms with E-state index in [1.165, 1.54) is 0 Å². The molecule has 3 atom stereocenters. The van der Waals surface area contributed by atoms with E-state index in [2.05, 4.69) is 21.5 Å². The molecule has 0 aliphatic heterocycles. The van der Waals surface area contributed by atoms with Crippen molar-refractivity contribution in [2.45, 2.75) is 92.0 Å². The monoisotopic (exact) mass is 478 g/mol. The molecule has 0 saturated carbocycles. The van der Waals surface area contributed by atoms with Crippen molar-refractivity contribution in [2.24, 2.45) is 11.8 Å². The highest BCUT2D eigenvalue weighted by Crippen LogP contribution is 2.10. The van der Waals surface area contributed by atoms with E-state index in [0.717, 1.165) is 6.26 Å². The first-order valence-electron chi connectivity index (χ1n) is 10.9. The van der Waals surface area contributed by atoms with Gasteiger partial charge in [0.15, 0.2) is 0 Å². The molecular formula is C21H42N4O6S. The first-order chi connectivity index (χ1) is 14.4. The van der Waals surface area contributed by atoms with Crippen molar-refractivity contribution in [3.05, 3.63) is 0 Å². The lowest BCUT2D eigenvalue weighted by Crippen LogP contribution is -2.58. The van der Waals surface area contributed by atoms with E-state index in [4.69, 9.17) is 4.74 Å². The lowest BCUT2D eigenvalue weighted by Gasteiger charge is -2.26. The average Bonchev–Trinajstić information content (AvgIpc) is 2.56. The Morgan fingerprint density at radius 1 is 0.938 bits per heavy atom. The van der Waals surface area contributed by atoms with Crippen LogP contribution in [-0.2, 0) is 24.2 Å². The Morgan fingerprint density at radius 2 is 1.50 bits per heavy atom. The Bertz CT molecular complexity index is 731. The standard InChI is InChI=1S/C21H42N4O6S/c1-13(2)12-16(10-11-32(9,29)30)23-18(26)15(5)22-19(27)17(14(3)4)24-25-20(28)31-21(6,7)8/h13-17,24H,10-12H2,1-9H3,(H,22,27)(H,23,26)(H,25,28). The maximum Gasteiger partial charge on any atom is 0.422 e. The molecule has 0 heterocycles. The Labute approximate surface area is 192 Å². The number of hydrogen-bond acceptors (Lipinski definition) is 7. The molecule has 0 radical (unpaired) electrons. The zero-order valence-corrected chi connectivity index (χ0v) is 21.7. The second-order valence-electron chi connectivity index (χ2n) is 9.98. The predicted octanol–water partition coefficient (Wildman–Crippen LogP) is 1.51. The minimum Gasteiger partial charge on any atom is -0.443 e. The zero-order valence-electron chi connectivity index (χ0n) is 20.9. The molecule has 0 saturated heterocycles. The van der Waals surface area contributed by atoms with Gasteiger partial charge in [-0.15, -0.1) is 0 Å². The van der Waals surface area contributed by atoms with Crippen LogP contribution in [0.5, 0.6) is 0 Å². The number of nitrogens with one attached hydrogen (secondary N) is 4. The van der Waals surface area contributed by atoms with Gasteiger partial charge in [0.05, 0.1) is 5.75 Å². The van der Waals surface area contributed by atoms with Crippen molar-refractivity contribution in [2.75, 3.05) is 12.0 Å². The summed E-state index contributed by atoms with van der Waals surface area (Å²) in [5.74, 6) is -0.821. The van der Waals surface area contributed by atoms with Gasteiger partial charge in [-0.05, 0) is 52.4 Å². The number of carbonyl (C=O) groups excluding carboxylic acids is 3. The molecule has 3 unspecified atom stereocenters. The van der Waals surface area contributed by atoms with Gasteiger partial charge < -0.3 is 15.4 Å². The molecule has 11 heteroatoms. The summed E-state index contributed by atoms with van der Waals surface area (Å²) in [5.41, 5.74) is 4.33. The van der Waals surface area contributed by atoms with Gasteiger partial charge in [0.25, 0.3) is 0 Å². The number of amides is 3. The third-order valence-corrected chi connectivity index (χ3v) is 5.35. The molecule has 0 bridgehead atoms. The number of sulfone groups is 1. The first-order valence-corrected chi connectivity index (χ1v) is 13.0. The maximum absolute atomic E-state index is 12.7. The highest BCUT2D eigenvalue weighted by molar-refractivity contribution is 7.90. The van der Waals surface area contributed by atoms with Crippen LogP contribution in [0.4, 0.5) is 4.79 Å². The van der Waals surface area contributed by atoms with Crippen LogP contribution in [0.3, 0.4) is 0 Å². The topological polar surface area (TPSA) is 143 Å². The van der Waals surface area contributed by atoms with Crippen LogP contribution < -0.4 is 21.5 Å². The zero-order chi connectivity index (χ0) is 25.3. The Balaban J connectivity index is 4.95. The second kappa shape index (κ2) is 13.0. The Morgan fingerprint density at radius 3 is 1.94 bits per heavy atom. The van der Waals surface area contributed by atoms with Gasteiger partial charge in [0.1, 0.15) is 27.5 Å². The van der Waals surface area contributed by atoms with Crippen LogP contribution in [0.2, 0.25) is 0 Å². The Kier molecular flexibility index (Phi) is 12.2. The van der Waals surface area contributed by atoms with Crippen molar-refractivity contribution >= 4 is 27.7 Å². The summed E-state index contributed by atoms with van der Waals surface area (Å²) in [7, 11) is -3.15. The normalized spacial score (nSPS) is 15.1. The largest absolute Gasteiger partial charge is 0.443 e. The van der Waals surface area contributed by atoms with Crippen LogP contribution >= 0.6 is 0 Å². The molecule has 0 aromatic rings. The molecule has 0 fully saturated rings. The van der Waals surface area contributed by atoms with Crippen LogP contribution in [0.1, 0.15) is 68.2 Å². The molecule has 0 spiro atoms. The molecule has 0 aromatic carbocycles. The lowest BCUT2D eigenvalue weighted by molar-refractivity contribution is -0.130. The predicted molar refractivity (Wildman–Crippen MR) is 124 cm³/mol. The van der Waals surface area contributed by atoms with Gasteiger partial charge in [-0.2, -0.15) is 0 Å². The molecule has 0 aromatic heterocycles. The lowest BCUT2D eigenvalue weighted by atomic mass is 10.0. The minimum absolute atomic E-state index is 0.0267. The van der Waals surface area contributed by atoms with Gasteiger partial charge in [-0.3, -0.25) is 15.0 Å². The Hall–Kier alpha value is -1.88. The molecule has 0 rings (SSSR count). The number of hydrazine groups is 1. The fourth-order valence-corrected chi connectivity index (χ4v) is 3.56. The van der Waals surface area contributed by atoms with Gasteiger partial charge in [0, 0.05) is 12.3 Å². The molecule has 3 amide bonds. The van der Waals surface area contributed by atoms with E-state index in [1.807, 2.05) is 13.8 Å². The smallest absolute Gasteiger partial charge is 0.422 e. The number of carbonyl (C=O) groups is 3. The second-order valence-corrected chi connectivity index (χ2v) is 12.2. The van der Waals surface area contributed by atoms with Crippen molar-refractivity contribution in [1.82, 2.24) is 21.5 Å². The molecule has 4 N–H and O–H groups in total. The maximum atomic E-state index is 12.7. The van der Waals surface area contributed by atoms with Crippen molar-refractivity contribution in [3.63, 3.8) is 0 Å². The van der Waals surface area contributed by atoms with Crippen LogP contribution in [-0.4, -0.2) is 62.1 Å². The minimum atomic E-state index is -3.15. The van der Waals surface area contributed by atoms with Crippen molar-refractivity contribution in [1.29, 1.82) is 0 Å². The summed E-state index contributed by atoms with van der Waals surface area (Å²) in [6.07, 6.45) is 1.37. The van der Waals surface area contributed by atoms with Gasteiger partial charge in [0.2, 0.25) is 11.8 Å². The van der Waals surface area contributed by atoms with E-state index < -0.39 is 45.4 Å².